The third kappa shape index (κ3) is 3.64. The number of benzene rings is 1. The third-order valence-corrected chi connectivity index (χ3v) is 3.62. The van der Waals surface area contributed by atoms with Crippen LogP contribution in [-0.4, -0.2) is 13.1 Å². The Hall–Kier alpha value is -0.820. The monoisotopic (exact) mass is 217 g/mol. The van der Waals surface area contributed by atoms with Crippen LogP contribution in [0.5, 0.6) is 0 Å². The van der Waals surface area contributed by atoms with Crippen molar-refractivity contribution in [3.63, 3.8) is 0 Å². The predicted molar refractivity (Wildman–Crippen MR) is 69.5 cm³/mol. The molecule has 1 atom stereocenters. The summed E-state index contributed by atoms with van der Waals surface area (Å²) < 4.78 is 0. The summed E-state index contributed by atoms with van der Waals surface area (Å²) in [5.74, 6) is 1.78. The highest BCUT2D eigenvalue weighted by atomic mass is 14.9. The van der Waals surface area contributed by atoms with E-state index in [4.69, 9.17) is 0 Å². The summed E-state index contributed by atoms with van der Waals surface area (Å²) in [6.07, 6.45) is 5.39. The first-order valence-corrected chi connectivity index (χ1v) is 6.59. The minimum atomic E-state index is 0.825. The zero-order valence-corrected chi connectivity index (χ0v) is 10.3. The van der Waals surface area contributed by atoms with Gasteiger partial charge in [0.1, 0.15) is 0 Å². The summed E-state index contributed by atoms with van der Waals surface area (Å²) in [6.45, 7) is 4.85. The number of rotatable bonds is 4. The molecule has 1 heterocycles. The van der Waals surface area contributed by atoms with Crippen molar-refractivity contribution in [3.8, 4) is 0 Å². The van der Waals surface area contributed by atoms with Crippen molar-refractivity contribution in [2.24, 2.45) is 11.8 Å². The van der Waals surface area contributed by atoms with Crippen LogP contribution in [0, 0.1) is 11.8 Å². The molecule has 88 valence electrons. The maximum atomic E-state index is 3.44. The first-order chi connectivity index (χ1) is 7.84. The van der Waals surface area contributed by atoms with E-state index < -0.39 is 0 Å². The average molecular weight is 217 g/mol. The van der Waals surface area contributed by atoms with Crippen LogP contribution >= 0.6 is 0 Å². The smallest absolute Gasteiger partial charge is 0.00463 e. The fourth-order valence-corrected chi connectivity index (χ4v) is 2.79. The van der Waals surface area contributed by atoms with E-state index in [1.54, 1.807) is 0 Å². The Balaban J connectivity index is 1.77. The van der Waals surface area contributed by atoms with Gasteiger partial charge in [0.15, 0.2) is 0 Å². The summed E-state index contributed by atoms with van der Waals surface area (Å²) >= 11 is 0. The van der Waals surface area contributed by atoms with Crippen LogP contribution in [-0.2, 0) is 6.42 Å². The van der Waals surface area contributed by atoms with Gasteiger partial charge in [-0.25, -0.2) is 0 Å². The molecule has 1 N–H and O–H groups in total. The van der Waals surface area contributed by atoms with Crippen molar-refractivity contribution in [2.45, 2.75) is 32.6 Å². The largest absolute Gasteiger partial charge is 0.317 e. The summed E-state index contributed by atoms with van der Waals surface area (Å²) in [5.41, 5.74) is 1.49. The second-order valence-corrected chi connectivity index (χ2v) is 5.22. The predicted octanol–water partition coefficient (Wildman–Crippen LogP) is 3.25. The molecule has 1 aromatic carbocycles. The fraction of sp³-hybridized carbons (Fsp3) is 0.600. The number of hydrogen-bond donors (Lipinski definition) is 1. The van der Waals surface area contributed by atoms with Gasteiger partial charge in [-0.2, -0.15) is 0 Å². The standard InChI is InChI=1S/C15H23N/c1-13(11-14-5-3-2-4-6-14)12-15-7-9-16-10-8-15/h2-6,13,15-16H,7-12H2,1H3. The molecule has 0 aromatic heterocycles. The zero-order valence-electron chi connectivity index (χ0n) is 10.3. The molecule has 2 rings (SSSR count). The molecule has 0 aliphatic carbocycles. The molecule has 16 heavy (non-hydrogen) atoms. The molecule has 0 amide bonds. The van der Waals surface area contributed by atoms with Crippen molar-refractivity contribution >= 4 is 0 Å². The Morgan fingerprint density at radius 3 is 2.56 bits per heavy atom. The number of piperidine rings is 1. The van der Waals surface area contributed by atoms with Crippen LogP contribution in [0.4, 0.5) is 0 Å². The van der Waals surface area contributed by atoms with Crippen molar-refractivity contribution in [1.82, 2.24) is 5.32 Å². The van der Waals surface area contributed by atoms with Crippen molar-refractivity contribution in [3.05, 3.63) is 35.9 Å². The van der Waals surface area contributed by atoms with Gasteiger partial charge in [0.05, 0.1) is 0 Å². The van der Waals surface area contributed by atoms with E-state index in [0.717, 1.165) is 11.8 Å². The molecule has 0 radical (unpaired) electrons. The van der Waals surface area contributed by atoms with Gasteiger partial charge in [-0.3, -0.25) is 0 Å². The summed E-state index contributed by atoms with van der Waals surface area (Å²) in [5, 5.41) is 3.44. The first-order valence-electron chi connectivity index (χ1n) is 6.59. The minimum absolute atomic E-state index is 0.825. The maximum Gasteiger partial charge on any atom is -0.00463 e. The van der Waals surface area contributed by atoms with E-state index in [2.05, 4.69) is 42.6 Å². The first kappa shape index (κ1) is 11.7. The molecule has 1 unspecified atom stereocenters. The SMILES string of the molecule is CC(Cc1ccccc1)CC1CCNCC1. The molecule has 1 aliphatic heterocycles. The van der Waals surface area contributed by atoms with Crippen molar-refractivity contribution in [1.29, 1.82) is 0 Å². The normalized spacial score (nSPS) is 19.6. The van der Waals surface area contributed by atoms with Gasteiger partial charge < -0.3 is 5.32 Å². The molecule has 1 aliphatic rings. The second kappa shape index (κ2) is 6.05. The highest BCUT2D eigenvalue weighted by Gasteiger charge is 2.16. The van der Waals surface area contributed by atoms with Crippen LogP contribution in [0.15, 0.2) is 30.3 Å². The van der Waals surface area contributed by atoms with Crippen LogP contribution in [0.3, 0.4) is 0 Å². The lowest BCUT2D eigenvalue weighted by Crippen LogP contribution is -2.28. The molecule has 1 heteroatoms. The van der Waals surface area contributed by atoms with Crippen molar-refractivity contribution in [2.75, 3.05) is 13.1 Å². The Morgan fingerprint density at radius 1 is 1.19 bits per heavy atom. The van der Waals surface area contributed by atoms with Gasteiger partial charge in [-0.05, 0) is 56.2 Å². The van der Waals surface area contributed by atoms with E-state index in [0.29, 0.717) is 0 Å². The van der Waals surface area contributed by atoms with Gasteiger partial charge >= 0.3 is 0 Å². The third-order valence-electron chi connectivity index (χ3n) is 3.62. The molecule has 1 nitrogen and oxygen atoms in total. The molecule has 1 aromatic rings. The van der Waals surface area contributed by atoms with Crippen LogP contribution in [0.25, 0.3) is 0 Å². The fourth-order valence-electron chi connectivity index (χ4n) is 2.79. The van der Waals surface area contributed by atoms with E-state index >= 15 is 0 Å². The lowest BCUT2D eigenvalue weighted by molar-refractivity contribution is 0.307. The van der Waals surface area contributed by atoms with Gasteiger partial charge in [-0.15, -0.1) is 0 Å². The second-order valence-electron chi connectivity index (χ2n) is 5.22. The molecular formula is C15H23N. The number of hydrogen-bond acceptors (Lipinski definition) is 1. The van der Waals surface area contributed by atoms with Crippen molar-refractivity contribution < 1.29 is 0 Å². The van der Waals surface area contributed by atoms with Crippen LogP contribution in [0.2, 0.25) is 0 Å². The van der Waals surface area contributed by atoms with Gasteiger partial charge in [0, 0.05) is 0 Å². The lowest BCUT2D eigenvalue weighted by Gasteiger charge is -2.25. The minimum Gasteiger partial charge on any atom is -0.317 e. The van der Waals surface area contributed by atoms with E-state index in [-0.39, 0.29) is 0 Å². The molecule has 0 spiro atoms. The molecular weight excluding hydrogens is 194 g/mol. The molecule has 1 fully saturated rings. The zero-order chi connectivity index (χ0) is 11.2. The van der Waals surface area contributed by atoms with E-state index in [9.17, 15) is 0 Å². The topological polar surface area (TPSA) is 12.0 Å². The van der Waals surface area contributed by atoms with Gasteiger partial charge in [0.2, 0.25) is 0 Å². The summed E-state index contributed by atoms with van der Waals surface area (Å²) in [7, 11) is 0. The highest BCUT2D eigenvalue weighted by Crippen LogP contribution is 2.23. The highest BCUT2D eigenvalue weighted by molar-refractivity contribution is 5.15. The maximum absolute atomic E-state index is 3.44. The summed E-state index contributed by atoms with van der Waals surface area (Å²) in [4.78, 5) is 0. The van der Waals surface area contributed by atoms with Gasteiger partial charge in [-0.1, -0.05) is 37.3 Å². The quantitative estimate of drug-likeness (QED) is 0.816. The Bertz CT molecular complexity index is 288. The average Bonchev–Trinajstić information content (AvgIpc) is 2.31. The molecule has 1 saturated heterocycles. The Kier molecular flexibility index (Phi) is 4.41. The Morgan fingerprint density at radius 2 is 1.88 bits per heavy atom. The van der Waals surface area contributed by atoms with Crippen LogP contribution < -0.4 is 5.32 Å². The molecule has 0 bridgehead atoms. The lowest BCUT2D eigenvalue weighted by atomic mass is 9.86. The molecule has 0 saturated carbocycles. The number of nitrogens with one attached hydrogen (secondary N) is 1. The van der Waals surface area contributed by atoms with Gasteiger partial charge in [0.25, 0.3) is 0 Å². The van der Waals surface area contributed by atoms with E-state index in [1.165, 1.54) is 44.3 Å². The van der Waals surface area contributed by atoms with E-state index in [1.807, 2.05) is 0 Å². The van der Waals surface area contributed by atoms with Crippen LogP contribution in [0.1, 0.15) is 31.7 Å². The Labute approximate surface area is 99.3 Å². The summed E-state index contributed by atoms with van der Waals surface area (Å²) in [6, 6.07) is 10.9.